The van der Waals surface area contributed by atoms with E-state index < -0.39 is 5.97 Å². The third kappa shape index (κ3) is 4.87. The van der Waals surface area contributed by atoms with Crippen molar-refractivity contribution in [3.63, 3.8) is 0 Å². The zero-order valence-electron chi connectivity index (χ0n) is 19.8. The molecule has 0 amide bonds. The number of fused-ring (bicyclic) bond motifs is 1. The van der Waals surface area contributed by atoms with Crippen LogP contribution in [0.1, 0.15) is 98.5 Å². The van der Waals surface area contributed by atoms with Gasteiger partial charge in [0, 0.05) is 11.1 Å². The fourth-order valence-corrected chi connectivity index (χ4v) is 4.48. The van der Waals surface area contributed by atoms with Crippen LogP contribution in [0.5, 0.6) is 5.75 Å². The molecule has 1 aliphatic rings. The molecule has 0 spiro atoms. The van der Waals surface area contributed by atoms with Gasteiger partial charge in [0.15, 0.2) is 0 Å². The van der Waals surface area contributed by atoms with Crippen LogP contribution in [-0.4, -0.2) is 17.7 Å². The highest BCUT2D eigenvalue weighted by Gasteiger charge is 2.40. The molecule has 3 nitrogen and oxygen atoms in total. The van der Waals surface area contributed by atoms with Crippen LogP contribution in [-0.2, 0) is 10.8 Å². The summed E-state index contributed by atoms with van der Waals surface area (Å²) in [7, 11) is 0. The number of aryl methyl sites for hydroxylation is 1. The number of aromatic carboxylic acids is 1. The van der Waals surface area contributed by atoms with Crippen molar-refractivity contribution in [1.82, 2.24) is 0 Å². The van der Waals surface area contributed by atoms with E-state index in [0.29, 0.717) is 5.56 Å². The van der Waals surface area contributed by atoms with E-state index in [1.165, 1.54) is 23.1 Å². The van der Waals surface area contributed by atoms with Crippen LogP contribution in [0.4, 0.5) is 0 Å². The molecule has 0 heterocycles. The van der Waals surface area contributed by atoms with E-state index in [1.807, 2.05) is 18.2 Å². The SMILES string of the molecule is CCCCOc1c(C=Cc2ccc(C(=O)O)cc2)c(C)cc2c1C(C)(C)CCC2(C)C. The first kappa shape index (κ1) is 23.1. The van der Waals surface area contributed by atoms with E-state index in [-0.39, 0.29) is 10.8 Å². The summed E-state index contributed by atoms with van der Waals surface area (Å²) in [6.07, 6.45) is 8.63. The van der Waals surface area contributed by atoms with E-state index in [0.717, 1.165) is 42.7 Å². The molecule has 0 saturated carbocycles. The van der Waals surface area contributed by atoms with Crippen molar-refractivity contribution >= 4 is 18.1 Å². The lowest BCUT2D eigenvalue weighted by atomic mass is 9.62. The normalized spacial score (nSPS) is 16.8. The summed E-state index contributed by atoms with van der Waals surface area (Å²) in [6, 6.07) is 9.34. The predicted octanol–water partition coefficient (Wildman–Crippen LogP) is 7.39. The van der Waals surface area contributed by atoms with Gasteiger partial charge in [-0.25, -0.2) is 4.79 Å². The quantitative estimate of drug-likeness (QED) is 0.375. The molecule has 3 heteroatoms. The van der Waals surface area contributed by atoms with E-state index in [9.17, 15) is 4.79 Å². The van der Waals surface area contributed by atoms with Crippen LogP contribution in [0, 0.1) is 6.92 Å². The minimum atomic E-state index is -0.905. The van der Waals surface area contributed by atoms with Gasteiger partial charge < -0.3 is 9.84 Å². The molecule has 0 fully saturated rings. The van der Waals surface area contributed by atoms with Crippen molar-refractivity contribution in [2.24, 2.45) is 0 Å². The Morgan fingerprint density at radius 3 is 2.32 bits per heavy atom. The number of carboxylic acids is 1. The van der Waals surface area contributed by atoms with E-state index >= 15 is 0 Å². The average Bonchev–Trinajstić information content (AvgIpc) is 2.71. The van der Waals surface area contributed by atoms with Gasteiger partial charge in [-0.2, -0.15) is 0 Å². The summed E-state index contributed by atoms with van der Waals surface area (Å²) in [5.41, 5.74) is 6.58. The molecular formula is C28H36O3. The van der Waals surface area contributed by atoms with Crippen molar-refractivity contribution in [1.29, 1.82) is 0 Å². The summed E-state index contributed by atoms with van der Waals surface area (Å²) in [6.45, 7) is 14.4. The van der Waals surface area contributed by atoms with Gasteiger partial charge in [-0.05, 0) is 65.8 Å². The van der Waals surface area contributed by atoms with Crippen molar-refractivity contribution in [2.75, 3.05) is 6.61 Å². The Bertz CT molecular complexity index is 978. The second kappa shape index (κ2) is 8.90. The van der Waals surface area contributed by atoms with Gasteiger partial charge in [0.25, 0.3) is 0 Å². The Balaban J connectivity index is 2.11. The largest absolute Gasteiger partial charge is 0.493 e. The Morgan fingerprint density at radius 2 is 1.71 bits per heavy atom. The van der Waals surface area contributed by atoms with Gasteiger partial charge >= 0.3 is 5.97 Å². The summed E-state index contributed by atoms with van der Waals surface area (Å²) in [5, 5.41) is 9.13. The fraction of sp³-hybridized carbons (Fsp3) is 0.464. The molecule has 31 heavy (non-hydrogen) atoms. The number of carbonyl (C=O) groups is 1. The Morgan fingerprint density at radius 1 is 1.06 bits per heavy atom. The highest BCUT2D eigenvalue weighted by atomic mass is 16.5. The maximum Gasteiger partial charge on any atom is 0.335 e. The number of benzene rings is 2. The molecule has 0 aromatic heterocycles. The number of rotatable bonds is 7. The van der Waals surface area contributed by atoms with Crippen LogP contribution in [0.15, 0.2) is 30.3 Å². The van der Waals surface area contributed by atoms with Crippen LogP contribution in [0.25, 0.3) is 12.2 Å². The summed E-state index contributed by atoms with van der Waals surface area (Å²) in [5.74, 6) is 0.122. The Kier molecular flexibility index (Phi) is 6.64. The molecule has 3 rings (SSSR count). The maximum absolute atomic E-state index is 11.1. The molecule has 0 unspecified atom stereocenters. The molecule has 0 atom stereocenters. The standard InChI is InChI=1S/C28H36O3/c1-7-8-17-31-25-22(14-11-20-9-12-21(13-10-20)26(29)30)19(2)18-23-24(25)28(5,6)16-15-27(23,3)4/h9-14,18H,7-8,15-17H2,1-6H3,(H,29,30). The number of hydrogen-bond donors (Lipinski definition) is 1. The van der Waals surface area contributed by atoms with Gasteiger partial charge in [-0.1, -0.05) is 71.4 Å². The molecule has 0 aliphatic heterocycles. The van der Waals surface area contributed by atoms with Crippen molar-refractivity contribution < 1.29 is 14.6 Å². The molecule has 1 N–H and O–H groups in total. The van der Waals surface area contributed by atoms with E-state index in [1.54, 1.807) is 12.1 Å². The topological polar surface area (TPSA) is 46.5 Å². The van der Waals surface area contributed by atoms with Gasteiger partial charge in [-0.15, -0.1) is 0 Å². The highest BCUT2D eigenvalue weighted by Crippen LogP contribution is 2.51. The first-order valence-corrected chi connectivity index (χ1v) is 11.4. The van der Waals surface area contributed by atoms with Crippen LogP contribution < -0.4 is 4.74 Å². The molecular weight excluding hydrogens is 384 g/mol. The summed E-state index contributed by atoms with van der Waals surface area (Å²) >= 11 is 0. The first-order valence-electron chi connectivity index (χ1n) is 11.4. The lowest BCUT2D eigenvalue weighted by molar-refractivity contribution is 0.0697. The van der Waals surface area contributed by atoms with Crippen LogP contribution in [0.3, 0.4) is 0 Å². The Labute approximate surface area is 187 Å². The Hall–Kier alpha value is -2.55. The average molecular weight is 421 g/mol. The third-order valence-corrected chi connectivity index (χ3v) is 6.65. The van der Waals surface area contributed by atoms with Gasteiger partial charge in [0.05, 0.1) is 12.2 Å². The lowest BCUT2D eigenvalue weighted by Crippen LogP contribution is -2.35. The monoisotopic (exact) mass is 420 g/mol. The zero-order chi connectivity index (χ0) is 22.8. The first-order chi connectivity index (χ1) is 14.6. The van der Waals surface area contributed by atoms with Crippen LogP contribution in [0.2, 0.25) is 0 Å². The van der Waals surface area contributed by atoms with Crippen molar-refractivity contribution in [3.8, 4) is 5.75 Å². The third-order valence-electron chi connectivity index (χ3n) is 6.65. The van der Waals surface area contributed by atoms with Crippen molar-refractivity contribution in [3.05, 3.63) is 63.7 Å². The van der Waals surface area contributed by atoms with E-state index in [2.05, 4.69) is 53.7 Å². The molecule has 166 valence electrons. The minimum Gasteiger partial charge on any atom is -0.493 e. The number of ether oxygens (including phenoxy) is 1. The van der Waals surface area contributed by atoms with Crippen LogP contribution >= 0.6 is 0 Å². The molecule has 0 radical (unpaired) electrons. The second-order valence-electron chi connectivity index (χ2n) is 10.1. The number of unbranched alkanes of at least 4 members (excludes halogenated alkanes) is 1. The molecule has 2 aromatic carbocycles. The zero-order valence-corrected chi connectivity index (χ0v) is 19.8. The second-order valence-corrected chi connectivity index (χ2v) is 10.1. The van der Waals surface area contributed by atoms with Gasteiger partial charge in [0.2, 0.25) is 0 Å². The van der Waals surface area contributed by atoms with Gasteiger partial charge in [-0.3, -0.25) is 0 Å². The highest BCUT2D eigenvalue weighted by molar-refractivity contribution is 5.88. The molecule has 2 aromatic rings. The lowest BCUT2D eigenvalue weighted by Gasteiger charge is -2.43. The molecule has 0 bridgehead atoms. The predicted molar refractivity (Wildman–Crippen MR) is 129 cm³/mol. The summed E-state index contributed by atoms with van der Waals surface area (Å²) in [4.78, 5) is 11.1. The summed E-state index contributed by atoms with van der Waals surface area (Å²) < 4.78 is 6.50. The maximum atomic E-state index is 11.1. The number of hydrogen-bond acceptors (Lipinski definition) is 2. The number of carboxylic acid groups (broad SMARTS) is 1. The molecule has 1 aliphatic carbocycles. The van der Waals surface area contributed by atoms with Crippen molar-refractivity contribution in [2.45, 2.75) is 78.1 Å². The minimum absolute atomic E-state index is 0.0613. The smallest absolute Gasteiger partial charge is 0.335 e. The molecule has 0 saturated heterocycles. The fourth-order valence-electron chi connectivity index (χ4n) is 4.48. The van der Waals surface area contributed by atoms with Gasteiger partial charge in [0.1, 0.15) is 5.75 Å². The van der Waals surface area contributed by atoms with E-state index in [4.69, 9.17) is 9.84 Å².